The van der Waals surface area contributed by atoms with Crippen molar-refractivity contribution >= 4 is 23.2 Å². The Kier molecular flexibility index (Phi) is 5.98. The van der Waals surface area contributed by atoms with Crippen LogP contribution in [0.3, 0.4) is 0 Å². The molecule has 0 bridgehead atoms. The van der Waals surface area contributed by atoms with Gasteiger partial charge in [-0.2, -0.15) is 0 Å². The number of hydrogen-bond acceptors (Lipinski definition) is 5. The van der Waals surface area contributed by atoms with Crippen LogP contribution in [-0.4, -0.2) is 55.2 Å². The van der Waals surface area contributed by atoms with E-state index in [-0.39, 0.29) is 11.8 Å². The van der Waals surface area contributed by atoms with Crippen LogP contribution in [0.15, 0.2) is 48.5 Å². The van der Waals surface area contributed by atoms with Gasteiger partial charge in [-0.15, -0.1) is 0 Å². The number of fused-ring (bicyclic) bond motifs is 1. The van der Waals surface area contributed by atoms with Gasteiger partial charge >= 0.3 is 0 Å². The molecule has 7 heteroatoms. The SMILES string of the molecule is CC1CCCN(c2ccc(NC(=O)CN3CCC4(CC3)NC(=O)c3ccccc3O4)cc2)C1. The zero-order valence-electron chi connectivity index (χ0n) is 19.2. The molecular formula is C26H32N4O3. The van der Waals surface area contributed by atoms with Crippen molar-refractivity contribution < 1.29 is 14.3 Å². The van der Waals surface area contributed by atoms with Gasteiger partial charge in [0.15, 0.2) is 5.72 Å². The van der Waals surface area contributed by atoms with Crippen LogP contribution < -0.4 is 20.3 Å². The van der Waals surface area contributed by atoms with Crippen LogP contribution in [-0.2, 0) is 4.79 Å². The first-order chi connectivity index (χ1) is 16.0. The Morgan fingerprint density at radius 2 is 1.88 bits per heavy atom. The summed E-state index contributed by atoms with van der Waals surface area (Å²) in [5.74, 6) is 1.24. The zero-order chi connectivity index (χ0) is 22.8. The molecular weight excluding hydrogens is 416 g/mol. The topological polar surface area (TPSA) is 73.9 Å². The second kappa shape index (κ2) is 9.06. The lowest BCUT2D eigenvalue weighted by Crippen LogP contribution is -2.61. The number of likely N-dealkylation sites (tertiary alicyclic amines) is 1. The molecule has 0 aliphatic carbocycles. The molecule has 0 saturated carbocycles. The average Bonchev–Trinajstić information content (AvgIpc) is 2.81. The van der Waals surface area contributed by atoms with Gasteiger partial charge in [0.1, 0.15) is 5.75 Å². The summed E-state index contributed by atoms with van der Waals surface area (Å²) < 4.78 is 6.18. The van der Waals surface area contributed by atoms with E-state index in [1.54, 1.807) is 6.07 Å². The second-order valence-electron chi connectivity index (χ2n) is 9.61. The summed E-state index contributed by atoms with van der Waals surface area (Å²) in [5, 5.41) is 6.06. The zero-order valence-corrected chi connectivity index (χ0v) is 19.2. The van der Waals surface area contributed by atoms with E-state index in [0.717, 1.165) is 24.7 Å². The van der Waals surface area contributed by atoms with Crippen molar-refractivity contribution in [2.24, 2.45) is 5.92 Å². The van der Waals surface area contributed by atoms with Crippen LogP contribution in [0.1, 0.15) is 43.0 Å². The maximum Gasteiger partial charge on any atom is 0.258 e. The second-order valence-corrected chi connectivity index (χ2v) is 9.61. The van der Waals surface area contributed by atoms with E-state index >= 15 is 0 Å². The first-order valence-electron chi connectivity index (χ1n) is 12.0. The smallest absolute Gasteiger partial charge is 0.258 e. The van der Waals surface area contributed by atoms with Crippen molar-refractivity contribution in [1.82, 2.24) is 10.2 Å². The van der Waals surface area contributed by atoms with Gasteiger partial charge < -0.3 is 20.3 Å². The van der Waals surface area contributed by atoms with Gasteiger partial charge in [0, 0.05) is 50.4 Å². The normalized spacial score (nSPS) is 22.3. The molecule has 2 fully saturated rings. The minimum absolute atomic E-state index is 0.0239. The Bertz CT molecular complexity index is 1010. The summed E-state index contributed by atoms with van der Waals surface area (Å²) in [6, 6.07) is 15.5. The van der Waals surface area contributed by atoms with Gasteiger partial charge in [0.2, 0.25) is 5.91 Å². The number of amides is 2. The van der Waals surface area contributed by atoms with Crippen LogP contribution >= 0.6 is 0 Å². The summed E-state index contributed by atoms with van der Waals surface area (Å²) in [5.41, 5.74) is 1.93. The van der Waals surface area contributed by atoms with Gasteiger partial charge in [0.25, 0.3) is 5.91 Å². The van der Waals surface area contributed by atoms with Crippen molar-refractivity contribution in [3.63, 3.8) is 0 Å². The number of anilines is 2. The van der Waals surface area contributed by atoms with Crippen molar-refractivity contribution in [2.45, 2.75) is 38.3 Å². The minimum Gasteiger partial charge on any atom is -0.467 e. The molecule has 174 valence electrons. The molecule has 2 saturated heterocycles. The molecule has 1 unspecified atom stereocenters. The quantitative estimate of drug-likeness (QED) is 0.749. The van der Waals surface area contributed by atoms with Crippen LogP contribution in [0.25, 0.3) is 0 Å². The average molecular weight is 449 g/mol. The van der Waals surface area contributed by atoms with Gasteiger partial charge in [-0.3, -0.25) is 14.5 Å². The minimum atomic E-state index is -0.680. The number of piperidine rings is 2. The van der Waals surface area contributed by atoms with Gasteiger partial charge in [-0.1, -0.05) is 19.1 Å². The lowest BCUT2D eigenvalue weighted by molar-refractivity contribution is -0.118. The Labute approximate surface area is 195 Å². The van der Waals surface area contributed by atoms with Crippen LogP contribution in [0.2, 0.25) is 0 Å². The van der Waals surface area contributed by atoms with Gasteiger partial charge in [0.05, 0.1) is 12.1 Å². The van der Waals surface area contributed by atoms with E-state index in [1.807, 2.05) is 30.3 Å². The molecule has 3 aliphatic heterocycles. The maximum absolute atomic E-state index is 12.6. The third-order valence-corrected chi connectivity index (χ3v) is 6.98. The first-order valence-corrected chi connectivity index (χ1v) is 12.0. The van der Waals surface area contributed by atoms with Crippen LogP contribution in [0.4, 0.5) is 11.4 Å². The summed E-state index contributed by atoms with van der Waals surface area (Å²) in [4.78, 5) is 29.7. The highest BCUT2D eigenvalue weighted by Crippen LogP contribution is 2.33. The van der Waals surface area contributed by atoms with E-state index in [2.05, 4.69) is 39.5 Å². The number of hydrogen-bond donors (Lipinski definition) is 2. The number of nitrogens with one attached hydrogen (secondary N) is 2. The summed E-state index contributed by atoms with van der Waals surface area (Å²) in [7, 11) is 0. The highest BCUT2D eigenvalue weighted by molar-refractivity contribution is 5.98. The maximum atomic E-state index is 12.6. The van der Waals surface area contributed by atoms with E-state index in [9.17, 15) is 9.59 Å². The largest absolute Gasteiger partial charge is 0.467 e. The first kappa shape index (κ1) is 21.8. The molecule has 5 rings (SSSR count). The highest BCUT2D eigenvalue weighted by Gasteiger charge is 2.42. The predicted molar refractivity (Wildman–Crippen MR) is 129 cm³/mol. The third-order valence-electron chi connectivity index (χ3n) is 6.98. The lowest BCUT2D eigenvalue weighted by Gasteiger charge is -2.44. The van der Waals surface area contributed by atoms with Crippen molar-refractivity contribution in [3.05, 3.63) is 54.1 Å². The molecule has 2 amide bonds. The summed E-state index contributed by atoms with van der Waals surface area (Å²) in [6.07, 6.45) is 3.82. The fraction of sp³-hybridized carbons (Fsp3) is 0.462. The van der Waals surface area contributed by atoms with E-state index in [0.29, 0.717) is 43.8 Å². The number of carbonyl (C=O) groups is 2. The molecule has 1 spiro atoms. The molecule has 2 aromatic rings. The molecule has 0 aromatic heterocycles. The monoisotopic (exact) mass is 448 g/mol. The molecule has 3 heterocycles. The van der Waals surface area contributed by atoms with Crippen molar-refractivity contribution in [3.8, 4) is 5.75 Å². The number of nitrogens with zero attached hydrogens (tertiary/aromatic N) is 2. The molecule has 0 radical (unpaired) electrons. The number of benzene rings is 2. The predicted octanol–water partition coefficient (Wildman–Crippen LogP) is 3.48. The Morgan fingerprint density at radius 1 is 1.12 bits per heavy atom. The Balaban J connectivity index is 1.12. The Morgan fingerprint density at radius 3 is 2.64 bits per heavy atom. The number of rotatable bonds is 4. The number of carbonyl (C=O) groups excluding carboxylic acids is 2. The van der Waals surface area contributed by atoms with Gasteiger partial charge in [-0.05, 0) is 55.2 Å². The summed E-state index contributed by atoms with van der Waals surface area (Å²) >= 11 is 0. The fourth-order valence-electron chi connectivity index (χ4n) is 5.14. The van der Waals surface area contributed by atoms with E-state index < -0.39 is 5.72 Å². The number of ether oxygens (including phenoxy) is 1. The van der Waals surface area contributed by atoms with Crippen molar-refractivity contribution in [2.75, 3.05) is 42.9 Å². The fourth-order valence-corrected chi connectivity index (χ4v) is 5.14. The Hall–Kier alpha value is -3.06. The van der Waals surface area contributed by atoms with Crippen molar-refractivity contribution in [1.29, 1.82) is 0 Å². The summed E-state index contributed by atoms with van der Waals surface area (Å²) in [6.45, 7) is 6.19. The number of para-hydroxylation sites is 1. The lowest BCUT2D eigenvalue weighted by atomic mass is 9.97. The van der Waals surface area contributed by atoms with Crippen LogP contribution in [0, 0.1) is 5.92 Å². The highest BCUT2D eigenvalue weighted by atomic mass is 16.5. The molecule has 1 atom stereocenters. The molecule has 3 aliphatic rings. The molecule has 7 nitrogen and oxygen atoms in total. The van der Waals surface area contributed by atoms with Gasteiger partial charge in [-0.25, -0.2) is 0 Å². The molecule has 33 heavy (non-hydrogen) atoms. The molecule has 2 N–H and O–H groups in total. The van der Waals surface area contributed by atoms with Crippen LogP contribution in [0.5, 0.6) is 5.75 Å². The molecule has 2 aromatic carbocycles. The van der Waals surface area contributed by atoms with E-state index in [1.165, 1.54) is 18.5 Å². The van der Waals surface area contributed by atoms with E-state index in [4.69, 9.17) is 4.74 Å². The standard InChI is InChI=1S/C26H32N4O3/c1-19-5-4-14-30(17-19)21-10-8-20(9-11-21)27-24(31)18-29-15-12-26(13-16-29)28-25(32)22-6-2-3-7-23(22)33-26/h2-3,6-11,19H,4-5,12-18H2,1H3,(H,27,31)(H,28,32). The third kappa shape index (κ3) is 4.83.